The van der Waals surface area contributed by atoms with Crippen molar-refractivity contribution in [1.82, 2.24) is 20.4 Å². The molecule has 3 rings (SSSR count). The van der Waals surface area contributed by atoms with Crippen LogP contribution in [0.1, 0.15) is 18.4 Å². The van der Waals surface area contributed by atoms with Crippen LogP contribution in [0.4, 0.5) is 4.79 Å². The Morgan fingerprint density at radius 2 is 1.75 bits per heavy atom. The van der Waals surface area contributed by atoms with E-state index in [2.05, 4.69) is 39.8 Å². The van der Waals surface area contributed by atoms with E-state index in [1.165, 1.54) is 5.56 Å². The number of hydrogen-bond acceptors (Lipinski definition) is 4. The molecule has 2 saturated heterocycles. The van der Waals surface area contributed by atoms with E-state index in [4.69, 9.17) is 0 Å². The number of benzene rings is 1. The molecule has 2 fully saturated rings. The molecule has 0 aliphatic carbocycles. The minimum Gasteiger partial charge on any atom is -0.465 e. The van der Waals surface area contributed by atoms with Gasteiger partial charge < -0.3 is 25.5 Å². The zero-order valence-electron chi connectivity index (χ0n) is 16.2. The molecule has 1 atom stereocenters. The van der Waals surface area contributed by atoms with Gasteiger partial charge in [-0.05, 0) is 43.8 Å². The topological polar surface area (TPSA) is 84.9 Å². The van der Waals surface area contributed by atoms with Crippen LogP contribution in [0.15, 0.2) is 30.3 Å². The van der Waals surface area contributed by atoms with Gasteiger partial charge in [0.2, 0.25) is 5.91 Å². The lowest BCUT2D eigenvalue weighted by molar-refractivity contribution is -0.135. The van der Waals surface area contributed by atoms with E-state index in [1.807, 2.05) is 6.07 Å². The van der Waals surface area contributed by atoms with E-state index >= 15 is 0 Å². The Kier molecular flexibility index (Phi) is 9.02. The smallest absolute Gasteiger partial charge is 0.405 e. The van der Waals surface area contributed by atoms with Crippen LogP contribution in [-0.2, 0) is 11.2 Å². The van der Waals surface area contributed by atoms with Gasteiger partial charge in [-0.3, -0.25) is 4.79 Å². The fourth-order valence-corrected chi connectivity index (χ4v) is 4.04. The molecule has 0 unspecified atom stereocenters. The third-order valence-electron chi connectivity index (χ3n) is 5.64. The van der Waals surface area contributed by atoms with Gasteiger partial charge in [0, 0.05) is 32.7 Å². The Bertz CT molecular complexity index is 617. The van der Waals surface area contributed by atoms with E-state index in [1.54, 1.807) is 4.90 Å². The highest BCUT2D eigenvalue weighted by atomic mass is 35.5. The third kappa shape index (κ3) is 6.36. The van der Waals surface area contributed by atoms with Crippen molar-refractivity contribution < 1.29 is 14.7 Å². The van der Waals surface area contributed by atoms with Gasteiger partial charge in [-0.15, -0.1) is 12.4 Å². The summed E-state index contributed by atoms with van der Waals surface area (Å²) >= 11 is 0. The molecular weight excluding hydrogens is 380 g/mol. The first-order valence-corrected chi connectivity index (χ1v) is 9.89. The zero-order chi connectivity index (χ0) is 19.1. The number of carbonyl (C=O) groups is 2. The Morgan fingerprint density at radius 1 is 1.11 bits per heavy atom. The maximum atomic E-state index is 12.9. The molecule has 0 radical (unpaired) electrons. The first-order chi connectivity index (χ1) is 13.1. The summed E-state index contributed by atoms with van der Waals surface area (Å²) in [6.45, 7) is 5.64. The number of carboxylic acid groups (broad SMARTS) is 1. The van der Waals surface area contributed by atoms with Crippen LogP contribution in [0.3, 0.4) is 0 Å². The van der Waals surface area contributed by atoms with Crippen molar-refractivity contribution in [3.8, 4) is 0 Å². The standard InChI is InChI=1S/C20H30N4O3.ClH/c25-19(24-14-9-21-10-15-24)18(22-20(26)27)17-7-12-23(13-8-17)11-6-16-4-2-1-3-5-16;/h1-5,17-18,21-22H,6-15H2,(H,26,27);1H/t18-;/m1./s1. The largest absolute Gasteiger partial charge is 0.465 e. The highest BCUT2D eigenvalue weighted by molar-refractivity contribution is 5.86. The van der Waals surface area contributed by atoms with Gasteiger partial charge in [0.1, 0.15) is 6.04 Å². The fourth-order valence-electron chi connectivity index (χ4n) is 4.04. The molecule has 156 valence electrons. The molecule has 2 amide bonds. The summed E-state index contributed by atoms with van der Waals surface area (Å²) in [6.07, 6.45) is 1.59. The molecule has 2 aliphatic rings. The van der Waals surface area contributed by atoms with Gasteiger partial charge in [-0.1, -0.05) is 30.3 Å². The van der Waals surface area contributed by atoms with Crippen molar-refractivity contribution >= 4 is 24.4 Å². The molecule has 0 aromatic heterocycles. The number of amides is 2. The molecule has 1 aromatic carbocycles. The predicted molar refractivity (Wildman–Crippen MR) is 111 cm³/mol. The van der Waals surface area contributed by atoms with Crippen LogP contribution < -0.4 is 10.6 Å². The van der Waals surface area contributed by atoms with E-state index in [-0.39, 0.29) is 24.2 Å². The summed E-state index contributed by atoms with van der Waals surface area (Å²) in [5, 5.41) is 15.0. The zero-order valence-corrected chi connectivity index (χ0v) is 17.0. The molecule has 0 spiro atoms. The summed E-state index contributed by atoms with van der Waals surface area (Å²) in [5.74, 6) is -0.00176. The Labute approximate surface area is 172 Å². The van der Waals surface area contributed by atoms with Crippen molar-refractivity contribution in [1.29, 1.82) is 0 Å². The van der Waals surface area contributed by atoms with E-state index in [9.17, 15) is 14.7 Å². The average molecular weight is 411 g/mol. The summed E-state index contributed by atoms with van der Waals surface area (Å²) in [7, 11) is 0. The number of hydrogen-bond donors (Lipinski definition) is 3. The number of nitrogens with zero attached hydrogens (tertiary/aromatic N) is 2. The van der Waals surface area contributed by atoms with Gasteiger partial charge in [-0.2, -0.15) is 0 Å². The number of halogens is 1. The van der Waals surface area contributed by atoms with Crippen LogP contribution in [0.2, 0.25) is 0 Å². The molecule has 2 heterocycles. The molecule has 28 heavy (non-hydrogen) atoms. The summed E-state index contributed by atoms with van der Waals surface area (Å²) < 4.78 is 0. The van der Waals surface area contributed by atoms with Crippen molar-refractivity contribution in [3.05, 3.63) is 35.9 Å². The second-order valence-corrected chi connectivity index (χ2v) is 7.42. The van der Waals surface area contributed by atoms with E-state index in [0.29, 0.717) is 13.1 Å². The SMILES string of the molecule is Cl.O=C(O)N[C@@H](C(=O)N1CCNCC1)C1CCN(CCc2ccccc2)CC1. The normalized spacial score (nSPS) is 19.5. The summed E-state index contributed by atoms with van der Waals surface area (Å²) in [5.41, 5.74) is 1.33. The monoisotopic (exact) mass is 410 g/mol. The lowest BCUT2D eigenvalue weighted by Gasteiger charge is -2.38. The van der Waals surface area contributed by atoms with Crippen molar-refractivity contribution in [3.63, 3.8) is 0 Å². The first kappa shape index (κ1) is 22.5. The lowest BCUT2D eigenvalue weighted by Crippen LogP contribution is -2.57. The summed E-state index contributed by atoms with van der Waals surface area (Å²) in [4.78, 5) is 28.3. The van der Waals surface area contributed by atoms with E-state index in [0.717, 1.165) is 52.0 Å². The molecule has 0 bridgehead atoms. The minimum atomic E-state index is -1.12. The fraction of sp³-hybridized carbons (Fsp3) is 0.600. The molecule has 7 nitrogen and oxygen atoms in total. The number of nitrogens with one attached hydrogen (secondary N) is 2. The highest BCUT2D eigenvalue weighted by Gasteiger charge is 2.35. The van der Waals surface area contributed by atoms with Gasteiger partial charge in [0.25, 0.3) is 0 Å². The molecule has 0 saturated carbocycles. The quantitative estimate of drug-likeness (QED) is 0.660. The Morgan fingerprint density at radius 3 is 2.36 bits per heavy atom. The number of rotatable bonds is 6. The molecule has 2 aliphatic heterocycles. The summed E-state index contributed by atoms with van der Waals surface area (Å²) in [6, 6.07) is 9.81. The van der Waals surface area contributed by atoms with Crippen LogP contribution in [0, 0.1) is 5.92 Å². The minimum absolute atomic E-state index is 0. The van der Waals surface area contributed by atoms with Crippen LogP contribution in [0.25, 0.3) is 0 Å². The number of likely N-dealkylation sites (tertiary alicyclic amines) is 1. The van der Waals surface area contributed by atoms with Crippen LogP contribution in [-0.4, -0.2) is 78.8 Å². The third-order valence-corrected chi connectivity index (χ3v) is 5.64. The number of piperidine rings is 1. The second-order valence-electron chi connectivity index (χ2n) is 7.42. The van der Waals surface area contributed by atoms with Crippen molar-refractivity contribution in [2.75, 3.05) is 45.8 Å². The maximum absolute atomic E-state index is 12.9. The number of carbonyl (C=O) groups excluding carboxylic acids is 1. The van der Waals surface area contributed by atoms with E-state index < -0.39 is 12.1 Å². The Hall–Kier alpha value is -1.83. The second kappa shape index (κ2) is 11.2. The van der Waals surface area contributed by atoms with Gasteiger partial charge >= 0.3 is 6.09 Å². The molecule has 3 N–H and O–H groups in total. The molecular formula is C20H31ClN4O3. The first-order valence-electron chi connectivity index (χ1n) is 9.89. The predicted octanol–water partition coefficient (Wildman–Crippen LogP) is 1.43. The van der Waals surface area contributed by atoms with Crippen molar-refractivity contribution in [2.45, 2.75) is 25.3 Å². The van der Waals surface area contributed by atoms with Crippen LogP contribution in [0.5, 0.6) is 0 Å². The highest BCUT2D eigenvalue weighted by Crippen LogP contribution is 2.23. The van der Waals surface area contributed by atoms with Gasteiger partial charge in [0.15, 0.2) is 0 Å². The number of piperazine rings is 1. The lowest BCUT2D eigenvalue weighted by atomic mass is 9.88. The average Bonchev–Trinajstić information content (AvgIpc) is 2.72. The van der Waals surface area contributed by atoms with Gasteiger partial charge in [0.05, 0.1) is 0 Å². The molecule has 1 aromatic rings. The van der Waals surface area contributed by atoms with Gasteiger partial charge in [-0.25, -0.2) is 4.79 Å². The van der Waals surface area contributed by atoms with Crippen LogP contribution >= 0.6 is 12.4 Å². The molecule has 8 heteroatoms. The Balaban J connectivity index is 0.00000280. The van der Waals surface area contributed by atoms with Crippen molar-refractivity contribution in [2.24, 2.45) is 5.92 Å². The maximum Gasteiger partial charge on any atom is 0.405 e.